The van der Waals surface area contributed by atoms with Gasteiger partial charge in [-0.25, -0.2) is 0 Å². The van der Waals surface area contributed by atoms with Gasteiger partial charge in [0.1, 0.15) is 0 Å². The number of rotatable bonds is 11. The Morgan fingerprint density at radius 2 is 1.41 bits per heavy atom. The van der Waals surface area contributed by atoms with Crippen molar-refractivity contribution in [1.82, 2.24) is 4.98 Å². The largest absolute Gasteiger partial charge is 0.260 e. The molecule has 1 heteroatoms. The monoisotopic (exact) mass is 391 g/mol. The topological polar surface area (TPSA) is 12.9 Å². The van der Waals surface area contributed by atoms with E-state index in [0.29, 0.717) is 5.92 Å². The van der Waals surface area contributed by atoms with Gasteiger partial charge < -0.3 is 0 Å². The Hall–Kier alpha value is -1.63. The van der Waals surface area contributed by atoms with Gasteiger partial charge in [0, 0.05) is 23.4 Å². The van der Waals surface area contributed by atoms with E-state index in [0.717, 1.165) is 5.92 Å². The molecular formula is C28H41N. The number of pyridine rings is 1. The Bertz CT molecular complexity index is 677. The van der Waals surface area contributed by atoms with Crippen molar-refractivity contribution in [3.63, 3.8) is 0 Å². The van der Waals surface area contributed by atoms with Crippen LogP contribution in [0.5, 0.6) is 0 Å². The summed E-state index contributed by atoms with van der Waals surface area (Å²) in [6, 6.07) is 13.7. The van der Waals surface area contributed by atoms with Crippen LogP contribution in [0.3, 0.4) is 0 Å². The van der Waals surface area contributed by atoms with Gasteiger partial charge in [-0.2, -0.15) is 0 Å². The minimum Gasteiger partial charge on any atom is -0.260 e. The normalized spacial score (nSPS) is 19.4. The van der Waals surface area contributed by atoms with E-state index in [1.165, 1.54) is 106 Å². The zero-order valence-corrected chi connectivity index (χ0v) is 18.8. The summed E-state index contributed by atoms with van der Waals surface area (Å²) in [6.45, 7) is 4.59. The molecule has 0 spiro atoms. The highest BCUT2D eigenvalue weighted by Gasteiger charge is 2.22. The first kappa shape index (κ1) is 22.1. The van der Waals surface area contributed by atoms with E-state index in [9.17, 15) is 0 Å². The fourth-order valence-corrected chi connectivity index (χ4v) is 4.95. The lowest BCUT2D eigenvalue weighted by molar-refractivity contribution is 0.305. The molecule has 1 aromatic carbocycles. The Balaban J connectivity index is 1.47. The molecule has 0 unspecified atom stereocenters. The van der Waals surface area contributed by atoms with Crippen molar-refractivity contribution in [2.75, 3.05) is 0 Å². The average Bonchev–Trinajstić information content (AvgIpc) is 2.78. The van der Waals surface area contributed by atoms with Crippen LogP contribution in [-0.2, 0) is 6.42 Å². The molecule has 1 saturated carbocycles. The third-order valence-corrected chi connectivity index (χ3v) is 6.85. The average molecular weight is 392 g/mol. The summed E-state index contributed by atoms with van der Waals surface area (Å²) in [5, 5.41) is 0. The fraction of sp³-hybridized carbons (Fsp3) is 0.607. The molecule has 0 atom stereocenters. The summed E-state index contributed by atoms with van der Waals surface area (Å²) >= 11 is 0. The van der Waals surface area contributed by atoms with E-state index in [1.807, 2.05) is 0 Å². The van der Waals surface area contributed by atoms with Gasteiger partial charge in [0.2, 0.25) is 0 Å². The van der Waals surface area contributed by atoms with Gasteiger partial charge in [-0.15, -0.1) is 0 Å². The number of benzene rings is 1. The van der Waals surface area contributed by atoms with Gasteiger partial charge in [-0.05, 0) is 61.6 Å². The number of nitrogens with zero attached hydrogens (tertiary/aromatic N) is 1. The van der Waals surface area contributed by atoms with Crippen LogP contribution in [0, 0.1) is 5.92 Å². The Morgan fingerprint density at radius 3 is 2.07 bits per heavy atom. The van der Waals surface area contributed by atoms with Crippen LogP contribution in [0.1, 0.15) is 108 Å². The summed E-state index contributed by atoms with van der Waals surface area (Å²) < 4.78 is 0. The number of unbranched alkanes of at least 4 members (excludes halogenated alkanes) is 5. The molecule has 0 saturated heterocycles. The third kappa shape index (κ3) is 6.98. The van der Waals surface area contributed by atoms with E-state index in [4.69, 9.17) is 4.98 Å². The van der Waals surface area contributed by atoms with Crippen molar-refractivity contribution < 1.29 is 0 Å². The van der Waals surface area contributed by atoms with Crippen LogP contribution in [0.15, 0.2) is 42.6 Å². The highest BCUT2D eigenvalue weighted by Crippen LogP contribution is 2.37. The van der Waals surface area contributed by atoms with Crippen molar-refractivity contribution in [3.8, 4) is 11.1 Å². The maximum absolute atomic E-state index is 4.86. The summed E-state index contributed by atoms with van der Waals surface area (Å²) in [4.78, 5) is 4.86. The lowest BCUT2D eigenvalue weighted by atomic mass is 9.78. The highest BCUT2D eigenvalue weighted by molar-refractivity contribution is 5.62. The maximum Gasteiger partial charge on any atom is 0.0434 e. The first-order valence-corrected chi connectivity index (χ1v) is 12.4. The zero-order valence-electron chi connectivity index (χ0n) is 18.8. The first-order chi connectivity index (χ1) is 14.3. The van der Waals surface area contributed by atoms with E-state index in [2.05, 4.69) is 56.4 Å². The van der Waals surface area contributed by atoms with E-state index in [-0.39, 0.29) is 0 Å². The highest BCUT2D eigenvalue weighted by atomic mass is 14.7. The Labute approximate surface area is 179 Å². The maximum atomic E-state index is 4.86. The summed E-state index contributed by atoms with van der Waals surface area (Å²) in [7, 11) is 0. The summed E-state index contributed by atoms with van der Waals surface area (Å²) in [6.07, 6.45) is 19.7. The molecule has 0 aliphatic heterocycles. The number of aromatic nitrogens is 1. The molecule has 0 bridgehead atoms. The molecular weight excluding hydrogens is 350 g/mol. The van der Waals surface area contributed by atoms with Crippen molar-refractivity contribution >= 4 is 0 Å². The van der Waals surface area contributed by atoms with Crippen molar-refractivity contribution in [2.24, 2.45) is 5.92 Å². The Morgan fingerprint density at radius 1 is 0.724 bits per heavy atom. The van der Waals surface area contributed by atoms with Crippen molar-refractivity contribution in [1.29, 1.82) is 0 Å². The van der Waals surface area contributed by atoms with Crippen LogP contribution in [0.25, 0.3) is 11.1 Å². The molecule has 1 aromatic heterocycles. The number of hydrogen-bond acceptors (Lipinski definition) is 1. The molecule has 1 heterocycles. The molecule has 3 rings (SSSR count). The summed E-state index contributed by atoms with van der Waals surface area (Å²) in [5.74, 6) is 1.64. The summed E-state index contributed by atoms with van der Waals surface area (Å²) in [5.41, 5.74) is 5.32. The first-order valence-electron chi connectivity index (χ1n) is 12.4. The van der Waals surface area contributed by atoms with Gasteiger partial charge in [0.05, 0.1) is 0 Å². The molecule has 29 heavy (non-hydrogen) atoms. The molecule has 158 valence electrons. The van der Waals surface area contributed by atoms with Crippen LogP contribution in [0.2, 0.25) is 0 Å². The molecule has 1 nitrogen and oxygen atoms in total. The van der Waals surface area contributed by atoms with Crippen molar-refractivity contribution in [3.05, 3.63) is 53.9 Å². The minimum absolute atomic E-state index is 0.678. The van der Waals surface area contributed by atoms with E-state index < -0.39 is 0 Å². The molecule has 0 N–H and O–H groups in total. The molecule has 0 radical (unpaired) electrons. The van der Waals surface area contributed by atoms with Crippen LogP contribution in [0.4, 0.5) is 0 Å². The van der Waals surface area contributed by atoms with Crippen molar-refractivity contribution in [2.45, 2.75) is 103 Å². The molecule has 2 aromatic rings. The van der Waals surface area contributed by atoms with Gasteiger partial charge >= 0.3 is 0 Å². The second-order valence-electron chi connectivity index (χ2n) is 9.19. The molecule has 1 aliphatic carbocycles. The van der Waals surface area contributed by atoms with Gasteiger partial charge in [-0.1, -0.05) is 89.1 Å². The number of hydrogen-bond donors (Lipinski definition) is 0. The molecule has 1 aliphatic rings. The van der Waals surface area contributed by atoms with Crippen LogP contribution in [-0.4, -0.2) is 4.98 Å². The van der Waals surface area contributed by atoms with Gasteiger partial charge in [0.15, 0.2) is 0 Å². The smallest absolute Gasteiger partial charge is 0.0434 e. The van der Waals surface area contributed by atoms with Gasteiger partial charge in [-0.3, -0.25) is 4.98 Å². The Kier molecular flexibility index (Phi) is 9.25. The molecule has 1 fully saturated rings. The predicted octanol–water partition coefficient (Wildman–Crippen LogP) is 8.73. The number of aryl methyl sites for hydroxylation is 1. The minimum atomic E-state index is 0.678. The third-order valence-electron chi connectivity index (χ3n) is 6.85. The van der Waals surface area contributed by atoms with Crippen LogP contribution >= 0.6 is 0 Å². The SMILES string of the molecule is CCCCCCCCc1ccc(-c2ccc([C@H]3CC[C@H](CCC)CC3)nc2)cc1. The van der Waals surface area contributed by atoms with Gasteiger partial charge in [0.25, 0.3) is 0 Å². The quantitative estimate of drug-likeness (QED) is 0.349. The lowest BCUT2D eigenvalue weighted by Crippen LogP contribution is -2.14. The second kappa shape index (κ2) is 12.2. The van der Waals surface area contributed by atoms with E-state index >= 15 is 0 Å². The van der Waals surface area contributed by atoms with Crippen LogP contribution < -0.4 is 0 Å². The lowest BCUT2D eigenvalue weighted by Gasteiger charge is -2.28. The zero-order chi connectivity index (χ0) is 20.3. The van der Waals surface area contributed by atoms with E-state index in [1.54, 1.807) is 0 Å². The second-order valence-corrected chi connectivity index (χ2v) is 9.19. The predicted molar refractivity (Wildman–Crippen MR) is 126 cm³/mol. The fourth-order valence-electron chi connectivity index (χ4n) is 4.95. The molecule has 0 amide bonds. The standard InChI is InChI=1S/C28H41N/c1-3-5-6-7-8-9-11-24-12-16-25(17-13-24)27-20-21-28(29-22-27)26-18-14-23(10-4-2)15-19-26/h12-13,16-17,20-23,26H,3-11,14-15,18-19H2,1-2H3/t23-,26-.